The van der Waals surface area contributed by atoms with Crippen molar-refractivity contribution < 1.29 is 0 Å². The zero-order valence-electron chi connectivity index (χ0n) is 18.9. The summed E-state index contributed by atoms with van der Waals surface area (Å²) >= 11 is 0. The molecule has 0 saturated carbocycles. The highest BCUT2D eigenvalue weighted by Gasteiger charge is 2.04. The van der Waals surface area contributed by atoms with E-state index in [0.717, 1.165) is 37.3 Å². The molecule has 2 aromatic rings. The SMILES string of the molecule is C\C=C(/C=N\C(NCCc1cccnc1)=C(/C)CC)c1cccc(CN(C)NC)c1. The number of hydrogen-bond donors (Lipinski definition) is 2. The molecule has 160 valence electrons. The number of allylic oxidation sites excluding steroid dienone is 3. The van der Waals surface area contributed by atoms with Gasteiger partial charge in [0.2, 0.25) is 0 Å². The molecular formula is C25H35N5. The zero-order valence-corrected chi connectivity index (χ0v) is 18.9. The number of pyridine rings is 1. The second-order valence-corrected chi connectivity index (χ2v) is 7.30. The molecular weight excluding hydrogens is 370 g/mol. The Bertz CT molecular complexity index is 868. The van der Waals surface area contributed by atoms with Crippen molar-refractivity contribution in [3.63, 3.8) is 0 Å². The fourth-order valence-corrected chi connectivity index (χ4v) is 3.00. The second-order valence-electron chi connectivity index (χ2n) is 7.30. The van der Waals surface area contributed by atoms with Crippen LogP contribution in [0.15, 0.2) is 71.3 Å². The third-order valence-electron chi connectivity index (χ3n) is 5.07. The Morgan fingerprint density at radius 1 is 1.20 bits per heavy atom. The van der Waals surface area contributed by atoms with Crippen LogP contribution >= 0.6 is 0 Å². The lowest BCUT2D eigenvalue weighted by molar-refractivity contribution is 0.251. The summed E-state index contributed by atoms with van der Waals surface area (Å²) in [5.41, 5.74) is 9.15. The molecule has 0 fully saturated rings. The number of benzene rings is 1. The number of nitrogens with zero attached hydrogens (tertiary/aromatic N) is 3. The molecule has 0 radical (unpaired) electrons. The summed E-state index contributed by atoms with van der Waals surface area (Å²) in [6, 6.07) is 12.7. The van der Waals surface area contributed by atoms with Gasteiger partial charge in [0.15, 0.2) is 0 Å². The highest BCUT2D eigenvalue weighted by atomic mass is 15.5. The van der Waals surface area contributed by atoms with Gasteiger partial charge in [0, 0.05) is 38.7 Å². The predicted octanol–water partition coefficient (Wildman–Crippen LogP) is 4.60. The number of rotatable bonds is 11. The first-order chi connectivity index (χ1) is 14.6. The summed E-state index contributed by atoms with van der Waals surface area (Å²) < 4.78 is 0. The largest absolute Gasteiger partial charge is 0.370 e. The Hall–Kier alpha value is -2.76. The van der Waals surface area contributed by atoms with Gasteiger partial charge < -0.3 is 5.32 Å². The van der Waals surface area contributed by atoms with Gasteiger partial charge in [0.25, 0.3) is 0 Å². The topological polar surface area (TPSA) is 52.6 Å². The summed E-state index contributed by atoms with van der Waals surface area (Å²) in [7, 11) is 3.96. The van der Waals surface area contributed by atoms with Crippen LogP contribution in [0.3, 0.4) is 0 Å². The highest BCUT2D eigenvalue weighted by molar-refractivity contribution is 6.10. The van der Waals surface area contributed by atoms with Gasteiger partial charge in [0.05, 0.1) is 0 Å². The lowest BCUT2D eigenvalue weighted by Gasteiger charge is -2.15. The molecule has 1 aromatic carbocycles. The van der Waals surface area contributed by atoms with E-state index >= 15 is 0 Å². The first-order valence-electron chi connectivity index (χ1n) is 10.6. The molecule has 1 heterocycles. The van der Waals surface area contributed by atoms with Crippen molar-refractivity contribution >= 4 is 11.8 Å². The minimum atomic E-state index is 0.826. The van der Waals surface area contributed by atoms with E-state index in [9.17, 15) is 0 Å². The Morgan fingerprint density at radius 3 is 2.67 bits per heavy atom. The molecule has 0 unspecified atom stereocenters. The van der Waals surface area contributed by atoms with E-state index in [2.05, 4.69) is 77.9 Å². The smallest absolute Gasteiger partial charge is 0.124 e. The summed E-state index contributed by atoms with van der Waals surface area (Å²) in [5.74, 6) is 0.951. The lowest BCUT2D eigenvalue weighted by atomic mass is 10.0. The normalized spacial score (nSPS) is 13.1. The van der Waals surface area contributed by atoms with E-state index in [4.69, 9.17) is 4.99 Å². The van der Waals surface area contributed by atoms with Crippen LogP contribution in [0.25, 0.3) is 5.57 Å². The number of nitrogens with one attached hydrogen (secondary N) is 2. The van der Waals surface area contributed by atoms with Crippen molar-refractivity contribution in [3.05, 3.63) is 83.0 Å². The maximum Gasteiger partial charge on any atom is 0.124 e. The third kappa shape index (κ3) is 7.58. The predicted molar refractivity (Wildman–Crippen MR) is 128 cm³/mol. The van der Waals surface area contributed by atoms with E-state index < -0.39 is 0 Å². The van der Waals surface area contributed by atoms with Crippen molar-refractivity contribution in [2.24, 2.45) is 4.99 Å². The molecule has 5 nitrogen and oxygen atoms in total. The van der Waals surface area contributed by atoms with E-state index in [-0.39, 0.29) is 0 Å². The molecule has 0 bridgehead atoms. The Morgan fingerprint density at radius 2 is 2.00 bits per heavy atom. The number of hydrogen-bond acceptors (Lipinski definition) is 5. The van der Waals surface area contributed by atoms with Crippen LogP contribution in [0.2, 0.25) is 0 Å². The molecule has 30 heavy (non-hydrogen) atoms. The summed E-state index contributed by atoms with van der Waals surface area (Å²) in [4.78, 5) is 9.00. The van der Waals surface area contributed by atoms with Gasteiger partial charge in [0.1, 0.15) is 5.82 Å². The number of aromatic nitrogens is 1. The van der Waals surface area contributed by atoms with Crippen LogP contribution in [-0.4, -0.2) is 36.8 Å². The molecule has 0 atom stereocenters. The fourth-order valence-electron chi connectivity index (χ4n) is 3.00. The Labute approximate surface area is 181 Å². The lowest BCUT2D eigenvalue weighted by Crippen LogP contribution is -2.29. The van der Waals surface area contributed by atoms with Gasteiger partial charge in [-0.3, -0.25) is 10.4 Å². The molecule has 0 amide bonds. The first kappa shape index (κ1) is 23.5. The van der Waals surface area contributed by atoms with Crippen LogP contribution in [0.1, 0.15) is 43.9 Å². The minimum absolute atomic E-state index is 0.826. The van der Waals surface area contributed by atoms with Gasteiger partial charge in [-0.25, -0.2) is 10.0 Å². The third-order valence-corrected chi connectivity index (χ3v) is 5.07. The molecule has 0 saturated heterocycles. The summed E-state index contributed by atoms with van der Waals surface area (Å²) in [6.07, 6.45) is 9.67. The monoisotopic (exact) mass is 405 g/mol. The van der Waals surface area contributed by atoms with E-state index in [1.807, 2.05) is 32.6 Å². The summed E-state index contributed by atoms with van der Waals surface area (Å²) in [6.45, 7) is 8.01. The molecule has 2 rings (SSSR count). The van der Waals surface area contributed by atoms with Crippen LogP contribution in [-0.2, 0) is 13.0 Å². The fraction of sp³-hybridized carbons (Fsp3) is 0.360. The van der Waals surface area contributed by atoms with Crippen molar-refractivity contribution in [2.75, 3.05) is 20.6 Å². The van der Waals surface area contributed by atoms with Gasteiger partial charge in [-0.15, -0.1) is 0 Å². The van der Waals surface area contributed by atoms with Crippen LogP contribution < -0.4 is 10.7 Å². The molecule has 0 spiro atoms. The number of aliphatic imine (C=N–C) groups is 1. The van der Waals surface area contributed by atoms with E-state index in [0.29, 0.717) is 0 Å². The molecule has 2 N–H and O–H groups in total. The van der Waals surface area contributed by atoms with Crippen molar-refractivity contribution in [1.29, 1.82) is 0 Å². The average Bonchev–Trinajstić information content (AvgIpc) is 2.78. The molecule has 5 heteroatoms. The van der Waals surface area contributed by atoms with Gasteiger partial charge in [-0.2, -0.15) is 0 Å². The second kappa shape index (κ2) is 12.7. The van der Waals surface area contributed by atoms with Crippen molar-refractivity contribution in [1.82, 2.24) is 20.7 Å². The molecule has 1 aromatic heterocycles. The van der Waals surface area contributed by atoms with E-state index in [1.165, 1.54) is 22.3 Å². The van der Waals surface area contributed by atoms with E-state index in [1.54, 1.807) is 6.20 Å². The molecule has 0 aliphatic rings. The maximum absolute atomic E-state index is 4.82. The quantitative estimate of drug-likeness (QED) is 0.424. The maximum atomic E-state index is 4.82. The Balaban J connectivity index is 2.10. The van der Waals surface area contributed by atoms with Crippen LogP contribution in [0.5, 0.6) is 0 Å². The Kier molecular flexibility index (Phi) is 9.98. The zero-order chi connectivity index (χ0) is 21.8. The van der Waals surface area contributed by atoms with Gasteiger partial charge >= 0.3 is 0 Å². The molecule has 0 aliphatic heterocycles. The molecule has 0 aliphatic carbocycles. The number of hydrazine groups is 1. The van der Waals surface area contributed by atoms with Crippen LogP contribution in [0, 0.1) is 0 Å². The van der Waals surface area contributed by atoms with Crippen LogP contribution in [0.4, 0.5) is 0 Å². The highest BCUT2D eigenvalue weighted by Crippen LogP contribution is 2.16. The summed E-state index contributed by atoms with van der Waals surface area (Å²) in [5, 5.41) is 5.56. The average molecular weight is 406 g/mol. The van der Waals surface area contributed by atoms with Gasteiger partial charge in [-0.05, 0) is 73.7 Å². The van der Waals surface area contributed by atoms with Crippen molar-refractivity contribution in [2.45, 2.75) is 40.2 Å². The first-order valence-corrected chi connectivity index (χ1v) is 10.6. The standard InChI is InChI=1S/C25H35N5/c1-6-20(3)25(28-15-13-21-11-9-14-27-17-21)29-18-23(7-2)24-12-8-10-22(16-24)19-30(5)26-4/h7-12,14,16-18,26,28H,6,13,15,19H2,1-5H3/b23-7+,25-20+,29-18-. The van der Waals surface area contributed by atoms with Gasteiger partial charge in [-0.1, -0.05) is 37.3 Å². The van der Waals surface area contributed by atoms with Crippen molar-refractivity contribution in [3.8, 4) is 0 Å². The minimum Gasteiger partial charge on any atom is -0.370 e.